The highest BCUT2D eigenvalue weighted by Gasteiger charge is 2.48. The Morgan fingerprint density at radius 3 is 2.60 bits per heavy atom. The number of amides is 4. The molecule has 4 amide bonds. The average Bonchev–Trinajstić information content (AvgIpc) is 3.56. The van der Waals surface area contributed by atoms with Gasteiger partial charge in [-0.25, -0.2) is 4.79 Å². The van der Waals surface area contributed by atoms with Crippen molar-refractivity contribution in [2.24, 2.45) is 0 Å². The van der Waals surface area contributed by atoms with Gasteiger partial charge in [0, 0.05) is 68.7 Å². The van der Waals surface area contributed by atoms with Crippen LogP contribution in [0.4, 0.5) is 4.79 Å². The quantitative estimate of drug-likeness (QED) is 0.365. The summed E-state index contributed by atoms with van der Waals surface area (Å²) in [5, 5.41) is 10.5. The zero-order valence-electron chi connectivity index (χ0n) is 24.6. The van der Waals surface area contributed by atoms with Crippen LogP contribution in [0.5, 0.6) is 0 Å². The van der Waals surface area contributed by atoms with Crippen molar-refractivity contribution < 1.29 is 14.4 Å². The Morgan fingerprint density at radius 2 is 1.83 bits per heavy atom. The number of carbonyl (C=O) groups is 3. The van der Waals surface area contributed by atoms with Crippen molar-refractivity contribution in [2.75, 3.05) is 40.3 Å². The van der Waals surface area contributed by atoms with Crippen molar-refractivity contribution in [2.45, 2.75) is 61.9 Å². The van der Waals surface area contributed by atoms with Crippen LogP contribution < -0.4 is 16.0 Å². The fraction of sp³-hybridized carbons (Fsp3) is 0.485. The Hall–Kier alpha value is -3.85. The maximum absolute atomic E-state index is 14.1. The third kappa shape index (κ3) is 5.50. The first kappa shape index (κ1) is 28.3. The van der Waals surface area contributed by atoms with E-state index in [-0.39, 0.29) is 35.2 Å². The van der Waals surface area contributed by atoms with Crippen LogP contribution in [-0.4, -0.2) is 85.0 Å². The van der Waals surface area contributed by atoms with Gasteiger partial charge in [-0.05, 0) is 61.4 Å². The molecule has 42 heavy (non-hydrogen) atoms. The molecule has 6 rings (SSSR count). The minimum Gasteiger partial charge on any atom is -0.361 e. The molecular weight excluding hydrogens is 528 g/mol. The second-order valence-electron chi connectivity index (χ2n) is 12.5. The molecule has 4 N–H and O–H groups in total. The normalized spacial score (nSPS) is 22.0. The maximum Gasteiger partial charge on any atom is 0.315 e. The molecule has 3 aliphatic rings. The maximum atomic E-state index is 14.1. The molecule has 9 heteroatoms. The molecule has 1 spiro atoms. The topological polar surface area (TPSA) is 110 Å². The third-order valence-corrected chi connectivity index (χ3v) is 9.61. The van der Waals surface area contributed by atoms with Gasteiger partial charge in [-0.2, -0.15) is 0 Å². The van der Waals surface area contributed by atoms with Gasteiger partial charge in [-0.15, -0.1) is 0 Å². The van der Waals surface area contributed by atoms with Crippen LogP contribution in [0.25, 0.3) is 10.9 Å². The van der Waals surface area contributed by atoms with Gasteiger partial charge in [-0.1, -0.05) is 42.5 Å². The molecule has 0 radical (unpaired) electrons. The number of benzene rings is 2. The number of piperidine rings is 2. The Bertz CT molecular complexity index is 1450. The summed E-state index contributed by atoms with van der Waals surface area (Å²) in [4.78, 5) is 47.2. The largest absolute Gasteiger partial charge is 0.361 e. The van der Waals surface area contributed by atoms with E-state index in [1.807, 2.05) is 55.5 Å². The third-order valence-electron chi connectivity index (χ3n) is 9.61. The molecule has 0 saturated carbocycles. The second kappa shape index (κ2) is 11.8. The number of fused-ring (bicyclic) bond motifs is 3. The molecule has 222 valence electrons. The summed E-state index contributed by atoms with van der Waals surface area (Å²) in [5.74, 6) is -0.0630. The number of H-pyrrole nitrogens is 1. The van der Waals surface area contributed by atoms with E-state index in [1.165, 1.54) is 5.56 Å². The Morgan fingerprint density at radius 1 is 1.07 bits per heavy atom. The van der Waals surface area contributed by atoms with E-state index in [1.54, 1.807) is 4.90 Å². The lowest BCUT2D eigenvalue weighted by Gasteiger charge is -2.41. The van der Waals surface area contributed by atoms with Gasteiger partial charge in [0.15, 0.2) is 0 Å². The number of nitrogens with one attached hydrogen (secondary N) is 4. The van der Waals surface area contributed by atoms with Crippen molar-refractivity contribution in [1.29, 1.82) is 0 Å². The predicted octanol–water partition coefficient (Wildman–Crippen LogP) is 3.27. The number of likely N-dealkylation sites (N-methyl/N-ethyl adjacent to an activating group) is 1. The van der Waals surface area contributed by atoms with Gasteiger partial charge >= 0.3 is 6.03 Å². The molecule has 2 fully saturated rings. The smallest absolute Gasteiger partial charge is 0.315 e. The van der Waals surface area contributed by atoms with Crippen LogP contribution in [0.1, 0.15) is 54.7 Å². The number of likely N-dealkylation sites (tertiary alicyclic amines) is 1. The van der Waals surface area contributed by atoms with Gasteiger partial charge in [0.2, 0.25) is 11.8 Å². The van der Waals surface area contributed by atoms with Gasteiger partial charge in [0.05, 0.1) is 5.92 Å². The zero-order valence-corrected chi connectivity index (χ0v) is 24.6. The molecule has 9 nitrogen and oxygen atoms in total. The fourth-order valence-electron chi connectivity index (χ4n) is 7.36. The number of para-hydroxylation sites is 1. The summed E-state index contributed by atoms with van der Waals surface area (Å²) in [6.45, 7) is 2.89. The molecule has 2 aliphatic heterocycles. The summed E-state index contributed by atoms with van der Waals surface area (Å²) >= 11 is 0. The average molecular weight is 571 g/mol. The van der Waals surface area contributed by atoms with E-state index in [9.17, 15) is 14.4 Å². The van der Waals surface area contributed by atoms with Crippen molar-refractivity contribution in [3.8, 4) is 0 Å². The minimum atomic E-state index is -0.686. The Labute approximate surface area is 247 Å². The van der Waals surface area contributed by atoms with E-state index >= 15 is 0 Å². The molecule has 1 aliphatic carbocycles. The molecule has 2 aromatic carbocycles. The lowest BCUT2D eigenvalue weighted by molar-refractivity contribution is -0.135. The Kier molecular flexibility index (Phi) is 7.94. The van der Waals surface area contributed by atoms with Gasteiger partial charge < -0.3 is 30.7 Å². The SMILES string of the molecule is CN(C)C(=O)[C@@H]1CC2(CCN(C(=O)[C@@H](Cc3c[nH]c4ccccc34)NC(=O)N[C@H]3CCCNC3)CC2)c2ccccc21. The summed E-state index contributed by atoms with van der Waals surface area (Å²) < 4.78 is 0. The van der Waals surface area contributed by atoms with Crippen molar-refractivity contribution in [3.63, 3.8) is 0 Å². The van der Waals surface area contributed by atoms with Gasteiger partial charge in [0.25, 0.3) is 0 Å². The van der Waals surface area contributed by atoms with Crippen LogP contribution in [0, 0.1) is 0 Å². The van der Waals surface area contributed by atoms with E-state index in [0.717, 1.165) is 67.2 Å². The highest BCUT2D eigenvalue weighted by molar-refractivity contribution is 5.90. The molecule has 1 aromatic heterocycles. The zero-order chi connectivity index (χ0) is 29.3. The number of urea groups is 1. The monoisotopic (exact) mass is 570 g/mol. The lowest BCUT2D eigenvalue weighted by atomic mass is 9.73. The summed E-state index contributed by atoms with van der Waals surface area (Å²) in [7, 11) is 3.64. The number of aromatic nitrogens is 1. The van der Waals surface area contributed by atoms with Gasteiger partial charge in [0.1, 0.15) is 6.04 Å². The molecule has 2 saturated heterocycles. The van der Waals surface area contributed by atoms with Crippen LogP contribution in [-0.2, 0) is 21.4 Å². The molecule has 0 bridgehead atoms. The first-order valence-electron chi connectivity index (χ1n) is 15.3. The van der Waals surface area contributed by atoms with E-state index in [0.29, 0.717) is 19.5 Å². The van der Waals surface area contributed by atoms with Crippen molar-refractivity contribution in [1.82, 2.24) is 30.7 Å². The van der Waals surface area contributed by atoms with Crippen LogP contribution >= 0.6 is 0 Å². The minimum absolute atomic E-state index is 0.0534. The highest BCUT2D eigenvalue weighted by atomic mass is 16.2. The highest BCUT2D eigenvalue weighted by Crippen LogP contribution is 2.52. The van der Waals surface area contributed by atoms with E-state index in [2.05, 4.69) is 39.1 Å². The molecule has 0 unspecified atom stereocenters. The predicted molar refractivity (Wildman–Crippen MR) is 163 cm³/mol. The molecule has 3 heterocycles. The summed E-state index contributed by atoms with van der Waals surface area (Å²) in [6.07, 6.45) is 6.66. The number of aromatic amines is 1. The molecule has 3 atom stereocenters. The standard InChI is InChI=1S/C33H42N6O3/c1-38(2)30(40)26-19-33(27-11-5-3-10-25(26)27)13-16-39(17-14-33)31(41)29(37-32(42)36-23-8-7-15-34-21-23)18-22-20-35-28-12-6-4-9-24(22)28/h3-6,9-12,20,23,26,29,34-35H,7-8,13-19,21H2,1-2H3,(H2,36,37,42)/t23-,26+,29+/m0/s1. The summed E-state index contributed by atoms with van der Waals surface area (Å²) in [6, 6.07) is 15.4. The number of carbonyl (C=O) groups excluding carboxylic acids is 3. The van der Waals surface area contributed by atoms with Crippen LogP contribution in [0.15, 0.2) is 54.7 Å². The fourth-order valence-corrected chi connectivity index (χ4v) is 7.36. The van der Waals surface area contributed by atoms with Crippen LogP contribution in [0.2, 0.25) is 0 Å². The van der Waals surface area contributed by atoms with E-state index in [4.69, 9.17) is 0 Å². The number of hydrogen-bond donors (Lipinski definition) is 4. The van der Waals surface area contributed by atoms with E-state index < -0.39 is 6.04 Å². The van der Waals surface area contributed by atoms with Crippen molar-refractivity contribution in [3.05, 3.63) is 71.4 Å². The second-order valence-corrected chi connectivity index (χ2v) is 12.5. The number of rotatable bonds is 6. The van der Waals surface area contributed by atoms with Gasteiger partial charge in [-0.3, -0.25) is 9.59 Å². The van der Waals surface area contributed by atoms with Crippen molar-refractivity contribution >= 4 is 28.7 Å². The molecular formula is C33H42N6O3. The number of nitrogens with zero attached hydrogens (tertiary/aromatic N) is 2. The first-order chi connectivity index (χ1) is 20.3. The summed E-state index contributed by atoms with van der Waals surface area (Å²) in [5.41, 5.74) is 4.29. The molecule has 3 aromatic rings. The first-order valence-corrected chi connectivity index (χ1v) is 15.3. The number of hydrogen-bond acceptors (Lipinski definition) is 4. The lowest BCUT2D eigenvalue weighted by Crippen LogP contribution is -2.57. The van der Waals surface area contributed by atoms with Crippen LogP contribution in [0.3, 0.4) is 0 Å². The Balaban J connectivity index is 1.19.